The van der Waals surface area contributed by atoms with Crippen molar-refractivity contribution in [1.82, 2.24) is 9.88 Å². The number of methoxy groups -OCH3 is 1. The summed E-state index contributed by atoms with van der Waals surface area (Å²) in [4.78, 5) is 19.8. The molecule has 0 aliphatic carbocycles. The molecule has 1 aromatic heterocycles. The van der Waals surface area contributed by atoms with Gasteiger partial charge >= 0.3 is 0 Å². The Kier molecular flexibility index (Phi) is 5.61. The van der Waals surface area contributed by atoms with Gasteiger partial charge in [0.2, 0.25) is 0 Å². The number of benzene rings is 2. The zero-order valence-corrected chi connectivity index (χ0v) is 17.0. The molecule has 0 N–H and O–H groups in total. The Morgan fingerprint density at radius 2 is 1.90 bits per heavy atom. The summed E-state index contributed by atoms with van der Waals surface area (Å²) in [6.07, 6.45) is 2.77. The van der Waals surface area contributed by atoms with Gasteiger partial charge in [-0.3, -0.25) is 9.78 Å². The molecule has 3 aromatic rings. The van der Waals surface area contributed by atoms with Crippen molar-refractivity contribution in [1.29, 1.82) is 0 Å². The maximum atomic E-state index is 13.0. The summed E-state index contributed by atoms with van der Waals surface area (Å²) in [7, 11) is 1.69. The summed E-state index contributed by atoms with van der Waals surface area (Å²) in [5, 5.41) is 0. The van der Waals surface area contributed by atoms with Crippen LogP contribution in [0.3, 0.4) is 0 Å². The van der Waals surface area contributed by atoms with E-state index in [2.05, 4.69) is 24.3 Å². The van der Waals surface area contributed by atoms with E-state index in [0.29, 0.717) is 0 Å². The van der Waals surface area contributed by atoms with E-state index in [0.717, 1.165) is 48.5 Å². The van der Waals surface area contributed by atoms with Gasteiger partial charge in [-0.25, -0.2) is 0 Å². The van der Waals surface area contributed by atoms with E-state index in [1.54, 1.807) is 7.11 Å². The Balaban J connectivity index is 1.60. The summed E-state index contributed by atoms with van der Waals surface area (Å²) < 4.78 is 5.35. The largest absolute Gasteiger partial charge is 0.497 e. The van der Waals surface area contributed by atoms with E-state index in [4.69, 9.17) is 9.72 Å². The quantitative estimate of drug-likeness (QED) is 0.622. The van der Waals surface area contributed by atoms with E-state index in [-0.39, 0.29) is 11.9 Å². The first-order valence-electron chi connectivity index (χ1n) is 10.1. The molecular formula is C25H26N2O2. The number of hydrogen-bond donors (Lipinski definition) is 0. The molecule has 1 aliphatic heterocycles. The fraction of sp³-hybridized carbons (Fsp3) is 0.280. The standard InChI is InChI=1S/C25H26N2O2/c1-18-14-20(15-19-8-6-11-22(16-19)29-2)17-23(26-18)24-12-7-13-27(24)25(28)21-9-4-3-5-10-21/h3-6,8-11,14,16-17,24H,7,12-13,15H2,1-2H3/t24-/m0/s1. The highest BCUT2D eigenvalue weighted by Crippen LogP contribution is 2.33. The van der Waals surface area contributed by atoms with Crippen molar-refractivity contribution in [3.05, 3.63) is 94.8 Å². The minimum Gasteiger partial charge on any atom is -0.497 e. The molecular weight excluding hydrogens is 360 g/mol. The first-order valence-corrected chi connectivity index (χ1v) is 10.1. The second-order valence-electron chi connectivity index (χ2n) is 7.59. The molecule has 148 valence electrons. The van der Waals surface area contributed by atoms with Gasteiger partial charge in [-0.1, -0.05) is 30.3 Å². The van der Waals surface area contributed by atoms with Gasteiger partial charge in [-0.05, 0) is 73.7 Å². The maximum Gasteiger partial charge on any atom is 0.254 e. The van der Waals surface area contributed by atoms with Gasteiger partial charge < -0.3 is 9.64 Å². The number of nitrogens with zero attached hydrogens (tertiary/aromatic N) is 2. The van der Waals surface area contributed by atoms with Gasteiger partial charge in [-0.15, -0.1) is 0 Å². The zero-order chi connectivity index (χ0) is 20.2. The van der Waals surface area contributed by atoms with Gasteiger partial charge in [0.05, 0.1) is 18.8 Å². The number of hydrogen-bond acceptors (Lipinski definition) is 3. The summed E-state index contributed by atoms with van der Waals surface area (Å²) >= 11 is 0. The van der Waals surface area contributed by atoms with E-state index in [9.17, 15) is 4.79 Å². The molecule has 29 heavy (non-hydrogen) atoms. The molecule has 4 nitrogen and oxygen atoms in total. The first-order chi connectivity index (χ1) is 14.1. The van der Waals surface area contributed by atoms with E-state index >= 15 is 0 Å². The lowest BCUT2D eigenvalue weighted by Gasteiger charge is -2.25. The fourth-order valence-electron chi connectivity index (χ4n) is 4.12. The van der Waals surface area contributed by atoms with Crippen molar-refractivity contribution < 1.29 is 9.53 Å². The molecule has 0 unspecified atom stereocenters. The average Bonchev–Trinajstić information content (AvgIpc) is 3.23. The molecule has 1 aliphatic rings. The lowest BCUT2D eigenvalue weighted by molar-refractivity contribution is 0.0732. The van der Waals surface area contributed by atoms with Crippen LogP contribution in [-0.4, -0.2) is 29.4 Å². The SMILES string of the molecule is COc1cccc(Cc2cc(C)nc([C@@H]3CCCN3C(=O)c3ccccc3)c2)c1. The highest BCUT2D eigenvalue weighted by Gasteiger charge is 2.31. The van der Waals surface area contributed by atoms with E-state index in [1.165, 1.54) is 11.1 Å². The Morgan fingerprint density at radius 1 is 1.07 bits per heavy atom. The van der Waals surface area contributed by atoms with Gasteiger partial charge in [-0.2, -0.15) is 0 Å². The highest BCUT2D eigenvalue weighted by molar-refractivity contribution is 5.94. The predicted octanol–water partition coefficient (Wildman–Crippen LogP) is 4.97. The monoisotopic (exact) mass is 386 g/mol. The third-order valence-corrected chi connectivity index (χ3v) is 5.45. The lowest BCUT2D eigenvalue weighted by Crippen LogP contribution is -2.31. The predicted molar refractivity (Wildman–Crippen MR) is 114 cm³/mol. The number of amides is 1. The minimum atomic E-state index is 0.0339. The van der Waals surface area contributed by atoms with Gasteiger partial charge in [0.15, 0.2) is 0 Å². The van der Waals surface area contributed by atoms with Gasteiger partial charge in [0.1, 0.15) is 5.75 Å². The number of likely N-dealkylation sites (tertiary alicyclic amines) is 1. The number of rotatable bonds is 5. The topological polar surface area (TPSA) is 42.4 Å². The van der Waals surface area contributed by atoms with Crippen LogP contribution in [0.2, 0.25) is 0 Å². The summed E-state index contributed by atoms with van der Waals surface area (Å²) in [5.74, 6) is 0.953. The van der Waals surface area contributed by atoms with Crippen LogP contribution in [0.25, 0.3) is 0 Å². The average molecular weight is 386 g/mol. The molecule has 2 heterocycles. The summed E-state index contributed by atoms with van der Waals surface area (Å²) in [6.45, 7) is 2.80. The fourth-order valence-corrected chi connectivity index (χ4v) is 4.12. The molecule has 4 heteroatoms. The molecule has 0 spiro atoms. The van der Waals surface area contributed by atoms with Crippen molar-refractivity contribution in [2.24, 2.45) is 0 Å². The van der Waals surface area contributed by atoms with Crippen molar-refractivity contribution in [3.8, 4) is 5.75 Å². The molecule has 1 atom stereocenters. The van der Waals surface area contributed by atoms with Crippen LogP contribution < -0.4 is 4.74 Å². The third kappa shape index (κ3) is 4.32. The number of ether oxygens (including phenoxy) is 1. The Bertz CT molecular complexity index is 1000. The number of pyridine rings is 1. The Hall–Kier alpha value is -3.14. The van der Waals surface area contributed by atoms with Crippen LogP contribution in [-0.2, 0) is 6.42 Å². The highest BCUT2D eigenvalue weighted by atomic mass is 16.5. The second kappa shape index (κ2) is 8.48. The molecule has 1 saturated heterocycles. The smallest absolute Gasteiger partial charge is 0.254 e. The van der Waals surface area contributed by atoms with Crippen LogP contribution in [0.4, 0.5) is 0 Å². The molecule has 1 amide bonds. The van der Waals surface area contributed by atoms with Crippen LogP contribution in [0.5, 0.6) is 5.75 Å². The Morgan fingerprint density at radius 3 is 2.69 bits per heavy atom. The number of aromatic nitrogens is 1. The molecule has 0 bridgehead atoms. The van der Waals surface area contributed by atoms with E-state index < -0.39 is 0 Å². The maximum absolute atomic E-state index is 13.0. The van der Waals surface area contributed by atoms with Crippen LogP contribution in [0.15, 0.2) is 66.7 Å². The summed E-state index contributed by atoms with van der Waals surface area (Å²) in [6, 6.07) is 22.0. The lowest BCUT2D eigenvalue weighted by atomic mass is 10.0. The van der Waals surface area contributed by atoms with Crippen molar-refractivity contribution in [2.45, 2.75) is 32.2 Å². The van der Waals surface area contributed by atoms with Gasteiger partial charge in [0.25, 0.3) is 5.91 Å². The van der Waals surface area contributed by atoms with Crippen LogP contribution >= 0.6 is 0 Å². The van der Waals surface area contributed by atoms with Crippen LogP contribution in [0, 0.1) is 6.92 Å². The molecule has 2 aromatic carbocycles. The minimum absolute atomic E-state index is 0.0339. The number of carbonyl (C=O) groups excluding carboxylic acids is 1. The first kappa shape index (κ1) is 19.2. The van der Waals surface area contributed by atoms with Crippen molar-refractivity contribution in [2.75, 3.05) is 13.7 Å². The molecule has 0 saturated carbocycles. The normalized spacial score (nSPS) is 16.1. The second-order valence-corrected chi connectivity index (χ2v) is 7.59. The summed E-state index contributed by atoms with van der Waals surface area (Å²) in [5.41, 5.74) is 5.12. The Labute approximate surface area is 172 Å². The zero-order valence-electron chi connectivity index (χ0n) is 17.0. The number of aryl methyl sites for hydroxylation is 1. The molecule has 1 fully saturated rings. The number of carbonyl (C=O) groups is 1. The van der Waals surface area contributed by atoms with Gasteiger partial charge in [0, 0.05) is 17.8 Å². The van der Waals surface area contributed by atoms with Crippen molar-refractivity contribution in [3.63, 3.8) is 0 Å². The van der Waals surface area contributed by atoms with Crippen molar-refractivity contribution >= 4 is 5.91 Å². The van der Waals surface area contributed by atoms with Crippen LogP contribution in [0.1, 0.15) is 51.8 Å². The van der Waals surface area contributed by atoms with E-state index in [1.807, 2.05) is 54.3 Å². The molecule has 0 radical (unpaired) electrons. The molecule has 4 rings (SSSR count). The third-order valence-electron chi connectivity index (χ3n) is 5.45.